The van der Waals surface area contributed by atoms with Gasteiger partial charge in [-0.05, 0) is 30.5 Å². The highest BCUT2D eigenvalue weighted by molar-refractivity contribution is 5.91. The van der Waals surface area contributed by atoms with Crippen LogP contribution in [0.4, 0.5) is 0 Å². The zero-order valence-electron chi connectivity index (χ0n) is 13.2. The minimum atomic E-state index is -0.426. The van der Waals surface area contributed by atoms with Gasteiger partial charge in [0.2, 0.25) is 18.6 Å². The first-order valence-electron chi connectivity index (χ1n) is 8.17. The molecule has 2 unspecified atom stereocenters. The number of hydrazine groups is 1. The van der Waals surface area contributed by atoms with Crippen LogP contribution in [0.1, 0.15) is 24.8 Å². The Morgan fingerprint density at radius 2 is 2.17 bits per heavy atom. The van der Waals surface area contributed by atoms with E-state index in [0.717, 1.165) is 18.5 Å². The molecule has 3 heterocycles. The lowest BCUT2D eigenvalue weighted by atomic mass is 10.1. The second-order valence-electron chi connectivity index (χ2n) is 6.18. The maximum absolute atomic E-state index is 12.5. The second-order valence-corrected chi connectivity index (χ2v) is 6.18. The fourth-order valence-corrected chi connectivity index (χ4v) is 3.30. The number of carbonyl (C=O) groups is 2. The number of nitrogens with zero attached hydrogens (tertiary/aromatic N) is 1. The van der Waals surface area contributed by atoms with Crippen molar-refractivity contribution in [3.63, 3.8) is 0 Å². The number of nitrogens with one attached hydrogen (secondary N) is 3. The van der Waals surface area contributed by atoms with Crippen LogP contribution in [0.3, 0.4) is 0 Å². The number of likely N-dealkylation sites (tertiary alicyclic amines) is 1. The molecule has 8 heteroatoms. The summed E-state index contributed by atoms with van der Waals surface area (Å²) in [4.78, 5) is 26.4. The van der Waals surface area contributed by atoms with Crippen LogP contribution in [-0.2, 0) is 16.1 Å². The standard InChI is InChI=1S/C16H20N4O4/c21-15-4-2-11(16(22)18-14-5-6-17-19-14)20(15)8-10-1-3-12-13(7-10)24-9-23-12/h1,3,7,11,14,17,19H,2,4-6,8-9H2,(H,18,22). The number of rotatable bonds is 4. The first-order valence-corrected chi connectivity index (χ1v) is 8.17. The first-order chi connectivity index (χ1) is 11.7. The summed E-state index contributed by atoms with van der Waals surface area (Å²) in [6, 6.07) is 5.17. The molecule has 2 saturated heterocycles. The first kappa shape index (κ1) is 15.2. The highest BCUT2D eigenvalue weighted by Gasteiger charge is 2.37. The van der Waals surface area contributed by atoms with E-state index in [0.29, 0.717) is 30.9 Å². The minimum Gasteiger partial charge on any atom is -0.454 e. The number of benzene rings is 1. The molecule has 1 aromatic carbocycles. The third-order valence-electron chi connectivity index (χ3n) is 4.57. The van der Waals surface area contributed by atoms with Crippen LogP contribution >= 0.6 is 0 Å². The Labute approximate surface area is 139 Å². The normalized spacial score (nSPS) is 25.3. The second kappa shape index (κ2) is 6.29. The Balaban J connectivity index is 1.45. The Morgan fingerprint density at radius 3 is 3.00 bits per heavy atom. The summed E-state index contributed by atoms with van der Waals surface area (Å²) < 4.78 is 10.7. The van der Waals surface area contributed by atoms with Crippen molar-refractivity contribution >= 4 is 11.8 Å². The molecular weight excluding hydrogens is 312 g/mol. The van der Waals surface area contributed by atoms with Crippen LogP contribution in [-0.4, -0.2) is 42.3 Å². The van der Waals surface area contributed by atoms with Gasteiger partial charge in [-0.1, -0.05) is 6.07 Å². The van der Waals surface area contributed by atoms with Gasteiger partial charge in [0.05, 0.1) is 6.17 Å². The topological polar surface area (TPSA) is 91.9 Å². The van der Waals surface area contributed by atoms with Crippen LogP contribution in [0.15, 0.2) is 18.2 Å². The number of hydrogen-bond donors (Lipinski definition) is 3. The highest BCUT2D eigenvalue weighted by Crippen LogP contribution is 2.33. The molecule has 2 amide bonds. The number of fused-ring (bicyclic) bond motifs is 1. The average Bonchev–Trinajstić information content (AvgIpc) is 3.29. The van der Waals surface area contributed by atoms with Crippen molar-refractivity contribution in [3.8, 4) is 11.5 Å². The fraction of sp³-hybridized carbons (Fsp3) is 0.500. The number of amides is 2. The van der Waals surface area contributed by atoms with Crippen LogP contribution in [0.5, 0.6) is 11.5 Å². The quantitative estimate of drug-likeness (QED) is 0.710. The zero-order chi connectivity index (χ0) is 16.5. The zero-order valence-corrected chi connectivity index (χ0v) is 13.2. The van der Waals surface area contributed by atoms with Crippen LogP contribution in [0, 0.1) is 0 Å². The Hall–Kier alpha value is -2.32. The van der Waals surface area contributed by atoms with Crippen molar-refractivity contribution in [2.24, 2.45) is 0 Å². The van der Waals surface area contributed by atoms with Gasteiger partial charge < -0.3 is 19.7 Å². The van der Waals surface area contributed by atoms with E-state index >= 15 is 0 Å². The van der Waals surface area contributed by atoms with E-state index in [1.807, 2.05) is 18.2 Å². The summed E-state index contributed by atoms with van der Waals surface area (Å²) >= 11 is 0. The van der Waals surface area contributed by atoms with Crippen molar-refractivity contribution in [1.82, 2.24) is 21.1 Å². The van der Waals surface area contributed by atoms with Crippen LogP contribution in [0.2, 0.25) is 0 Å². The van der Waals surface area contributed by atoms with Crippen LogP contribution < -0.4 is 25.6 Å². The highest BCUT2D eigenvalue weighted by atomic mass is 16.7. The maximum Gasteiger partial charge on any atom is 0.244 e. The molecule has 128 valence electrons. The molecule has 2 fully saturated rings. The molecule has 0 saturated carbocycles. The predicted molar refractivity (Wildman–Crippen MR) is 83.8 cm³/mol. The van der Waals surface area contributed by atoms with Gasteiger partial charge in [0.15, 0.2) is 11.5 Å². The average molecular weight is 332 g/mol. The summed E-state index contributed by atoms with van der Waals surface area (Å²) in [7, 11) is 0. The molecule has 4 rings (SSSR count). The Morgan fingerprint density at radius 1 is 1.29 bits per heavy atom. The Bertz CT molecular complexity index is 659. The van der Waals surface area contributed by atoms with Gasteiger partial charge >= 0.3 is 0 Å². The van der Waals surface area contributed by atoms with Gasteiger partial charge in [-0.2, -0.15) is 0 Å². The SMILES string of the molecule is O=C(NC1CCNN1)C1CCC(=O)N1Cc1ccc2c(c1)OCO2. The monoisotopic (exact) mass is 332 g/mol. The summed E-state index contributed by atoms with van der Waals surface area (Å²) in [6.07, 6.45) is 1.70. The number of hydrogen-bond acceptors (Lipinski definition) is 6. The van der Waals surface area contributed by atoms with Crippen molar-refractivity contribution in [2.45, 2.75) is 38.0 Å². The molecule has 24 heavy (non-hydrogen) atoms. The number of carbonyl (C=O) groups excluding carboxylic acids is 2. The molecule has 0 radical (unpaired) electrons. The molecular formula is C16H20N4O4. The van der Waals surface area contributed by atoms with E-state index in [1.165, 1.54) is 0 Å². The summed E-state index contributed by atoms with van der Waals surface area (Å²) in [5.41, 5.74) is 6.90. The summed E-state index contributed by atoms with van der Waals surface area (Å²) in [5.74, 6) is 1.29. The van der Waals surface area contributed by atoms with E-state index in [1.54, 1.807) is 4.90 Å². The number of ether oxygens (including phenoxy) is 2. The van der Waals surface area contributed by atoms with Crippen molar-refractivity contribution in [2.75, 3.05) is 13.3 Å². The van der Waals surface area contributed by atoms with Crippen LogP contribution in [0.25, 0.3) is 0 Å². The largest absolute Gasteiger partial charge is 0.454 e. The van der Waals surface area contributed by atoms with E-state index in [-0.39, 0.29) is 24.8 Å². The van der Waals surface area contributed by atoms with E-state index < -0.39 is 6.04 Å². The lowest BCUT2D eigenvalue weighted by molar-refractivity contribution is -0.136. The third kappa shape index (κ3) is 2.90. The predicted octanol–water partition coefficient (Wildman–Crippen LogP) is -0.153. The molecule has 8 nitrogen and oxygen atoms in total. The molecule has 0 spiro atoms. The lowest BCUT2D eigenvalue weighted by Gasteiger charge is -2.25. The minimum absolute atomic E-state index is 0.00493. The van der Waals surface area contributed by atoms with E-state index in [2.05, 4.69) is 16.2 Å². The third-order valence-corrected chi connectivity index (χ3v) is 4.57. The molecule has 3 N–H and O–H groups in total. The van der Waals surface area contributed by atoms with Gasteiger partial charge in [-0.15, -0.1) is 0 Å². The van der Waals surface area contributed by atoms with E-state index in [4.69, 9.17) is 9.47 Å². The van der Waals surface area contributed by atoms with Crippen molar-refractivity contribution < 1.29 is 19.1 Å². The Kier molecular flexibility index (Phi) is 3.99. The van der Waals surface area contributed by atoms with Crippen molar-refractivity contribution in [3.05, 3.63) is 23.8 Å². The molecule has 3 aliphatic rings. The molecule has 0 bridgehead atoms. The molecule has 3 aliphatic heterocycles. The fourth-order valence-electron chi connectivity index (χ4n) is 3.30. The lowest BCUT2D eigenvalue weighted by Crippen LogP contribution is -2.51. The van der Waals surface area contributed by atoms with Gasteiger partial charge in [-0.3, -0.25) is 15.0 Å². The van der Waals surface area contributed by atoms with Gasteiger partial charge in [0.1, 0.15) is 6.04 Å². The molecule has 1 aromatic rings. The van der Waals surface area contributed by atoms with E-state index in [9.17, 15) is 9.59 Å². The molecule has 2 atom stereocenters. The molecule has 0 aliphatic carbocycles. The van der Waals surface area contributed by atoms with Gasteiger partial charge in [0, 0.05) is 19.5 Å². The summed E-state index contributed by atoms with van der Waals surface area (Å²) in [5, 5.41) is 2.95. The smallest absolute Gasteiger partial charge is 0.244 e. The van der Waals surface area contributed by atoms with Gasteiger partial charge in [0.25, 0.3) is 0 Å². The molecule has 0 aromatic heterocycles. The maximum atomic E-state index is 12.5. The summed E-state index contributed by atoms with van der Waals surface area (Å²) in [6.45, 7) is 1.42. The van der Waals surface area contributed by atoms with Gasteiger partial charge in [-0.25, -0.2) is 5.43 Å². The van der Waals surface area contributed by atoms with Crippen molar-refractivity contribution in [1.29, 1.82) is 0 Å².